The van der Waals surface area contributed by atoms with Crippen LogP contribution in [0.15, 0.2) is 24.3 Å². The van der Waals surface area contributed by atoms with Crippen LogP contribution in [0.3, 0.4) is 0 Å². The van der Waals surface area contributed by atoms with Gasteiger partial charge in [-0.05, 0) is 49.7 Å². The van der Waals surface area contributed by atoms with Crippen LogP contribution in [0, 0.1) is 5.41 Å². The normalized spacial score (nSPS) is 14.3. The van der Waals surface area contributed by atoms with Crippen molar-refractivity contribution in [3.05, 3.63) is 35.4 Å². The van der Waals surface area contributed by atoms with Gasteiger partial charge in [-0.25, -0.2) is 0 Å². The summed E-state index contributed by atoms with van der Waals surface area (Å²) in [4.78, 5) is 0. The minimum absolute atomic E-state index is 0.155. The molecule has 1 atom stereocenters. The molecule has 0 spiro atoms. The molecule has 1 nitrogen and oxygen atoms in total. The highest BCUT2D eigenvalue weighted by Crippen LogP contribution is 2.30. The molecule has 0 fully saturated rings. The lowest BCUT2D eigenvalue weighted by Crippen LogP contribution is -2.44. The van der Waals surface area contributed by atoms with Gasteiger partial charge in [-0.2, -0.15) is 0 Å². The van der Waals surface area contributed by atoms with E-state index in [4.69, 9.17) is 0 Å². The summed E-state index contributed by atoms with van der Waals surface area (Å²) < 4.78 is 0. The Balaban J connectivity index is 2.80. The van der Waals surface area contributed by atoms with E-state index in [1.807, 2.05) is 0 Å². The lowest BCUT2D eigenvalue weighted by atomic mass is 9.81. The van der Waals surface area contributed by atoms with Gasteiger partial charge in [0, 0.05) is 11.6 Å². The molecule has 0 saturated carbocycles. The molecule has 0 aliphatic carbocycles. The third kappa shape index (κ3) is 5.66. The second kappa shape index (κ2) is 6.76. The third-order valence-electron chi connectivity index (χ3n) is 3.74. The highest BCUT2D eigenvalue weighted by Gasteiger charge is 2.27. The zero-order valence-electron chi connectivity index (χ0n) is 14.5. The minimum Gasteiger partial charge on any atom is -0.305 e. The standard InChI is InChI=1S/C19H33N/c1-8-15-10-12-16(13-11-15)17(9-2)20-19(6,7)14-18(3,4)5/h10-13,17,20H,8-9,14H2,1-7H3. The Labute approximate surface area is 126 Å². The van der Waals surface area contributed by atoms with E-state index >= 15 is 0 Å². The summed E-state index contributed by atoms with van der Waals surface area (Å²) in [6.07, 6.45) is 3.41. The SMILES string of the molecule is CCc1ccc(C(CC)NC(C)(C)CC(C)(C)C)cc1. The number of aryl methyl sites for hydroxylation is 1. The molecule has 0 radical (unpaired) electrons. The van der Waals surface area contributed by atoms with Crippen LogP contribution in [-0.2, 0) is 6.42 Å². The molecule has 0 aromatic heterocycles. The molecular weight excluding hydrogens is 242 g/mol. The Morgan fingerprint density at radius 1 is 0.950 bits per heavy atom. The van der Waals surface area contributed by atoms with E-state index in [2.05, 4.69) is 78.0 Å². The quantitative estimate of drug-likeness (QED) is 0.722. The van der Waals surface area contributed by atoms with E-state index in [1.54, 1.807) is 0 Å². The van der Waals surface area contributed by atoms with Gasteiger partial charge in [-0.1, -0.05) is 58.9 Å². The first kappa shape index (κ1) is 17.2. The van der Waals surface area contributed by atoms with Crippen LogP contribution in [0.4, 0.5) is 0 Å². The second-order valence-corrected chi connectivity index (χ2v) is 7.82. The summed E-state index contributed by atoms with van der Waals surface area (Å²) in [5, 5.41) is 3.85. The lowest BCUT2D eigenvalue weighted by molar-refractivity contribution is 0.220. The molecule has 0 aliphatic heterocycles. The first-order chi connectivity index (χ1) is 9.17. The van der Waals surface area contributed by atoms with E-state index in [9.17, 15) is 0 Å². The highest BCUT2D eigenvalue weighted by atomic mass is 15.0. The molecule has 0 heterocycles. The molecule has 0 amide bonds. The Morgan fingerprint density at radius 3 is 1.90 bits per heavy atom. The molecule has 1 heteroatoms. The maximum absolute atomic E-state index is 3.85. The number of nitrogens with one attached hydrogen (secondary N) is 1. The van der Waals surface area contributed by atoms with Crippen molar-refractivity contribution in [2.45, 2.75) is 79.3 Å². The van der Waals surface area contributed by atoms with Crippen LogP contribution in [0.1, 0.15) is 78.5 Å². The van der Waals surface area contributed by atoms with Crippen LogP contribution in [-0.4, -0.2) is 5.54 Å². The fraction of sp³-hybridized carbons (Fsp3) is 0.684. The van der Waals surface area contributed by atoms with Crippen molar-refractivity contribution in [2.24, 2.45) is 5.41 Å². The van der Waals surface area contributed by atoms with E-state index in [0.717, 1.165) is 12.8 Å². The van der Waals surface area contributed by atoms with Crippen LogP contribution >= 0.6 is 0 Å². The molecule has 0 saturated heterocycles. The van der Waals surface area contributed by atoms with Gasteiger partial charge in [-0.3, -0.25) is 0 Å². The highest BCUT2D eigenvalue weighted by molar-refractivity contribution is 5.25. The van der Waals surface area contributed by atoms with Crippen LogP contribution in [0.2, 0.25) is 0 Å². The minimum atomic E-state index is 0.155. The van der Waals surface area contributed by atoms with Crippen molar-refractivity contribution in [3.8, 4) is 0 Å². The largest absolute Gasteiger partial charge is 0.305 e. The molecular formula is C19H33N. The van der Waals surface area contributed by atoms with Gasteiger partial charge in [0.2, 0.25) is 0 Å². The van der Waals surface area contributed by atoms with Crippen molar-refractivity contribution in [1.29, 1.82) is 0 Å². The van der Waals surface area contributed by atoms with E-state index < -0.39 is 0 Å². The first-order valence-corrected chi connectivity index (χ1v) is 8.03. The Kier molecular flexibility index (Phi) is 5.82. The van der Waals surface area contributed by atoms with Gasteiger partial charge in [-0.15, -0.1) is 0 Å². The van der Waals surface area contributed by atoms with E-state index in [-0.39, 0.29) is 5.54 Å². The molecule has 1 N–H and O–H groups in total. The van der Waals surface area contributed by atoms with Crippen molar-refractivity contribution >= 4 is 0 Å². The average molecular weight is 275 g/mol. The van der Waals surface area contributed by atoms with Gasteiger partial charge in [0.15, 0.2) is 0 Å². The zero-order valence-corrected chi connectivity index (χ0v) is 14.5. The summed E-state index contributed by atoms with van der Waals surface area (Å²) >= 11 is 0. The predicted molar refractivity (Wildman–Crippen MR) is 90.1 cm³/mol. The maximum atomic E-state index is 3.85. The summed E-state index contributed by atoms with van der Waals surface area (Å²) in [6.45, 7) is 16.0. The maximum Gasteiger partial charge on any atom is 0.0322 e. The topological polar surface area (TPSA) is 12.0 Å². The molecule has 0 aliphatic rings. The monoisotopic (exact) mass is 275 g/mol. The first-order valence-electron chi connectivity index (χ1n) is 8.03. The third-order valence-corrected chi connectivity index (χ3v) is 3.74. The molecule has 114 valence electrons. The molecule has 1 aromatic carbocycles. The van der Waals surface area contributed by atoms with Crippen LogP contribution in [0.25, 0.3) is 0 Å². The van der Waals surface area contributed by atoms with Gasteiger partial charge in [0.05, 0.1) is 0 Å². The molecule has 1 rings (SSSR count). The molecule has 1 aromatic rings. The van der Waals surface area contributed by atoms with Crippen molar-refractivity contribution in [3.63, 3.8) is 0 Å². The molecule has 0 bridgehead atoms. The number of rotatable bonds is 6. The van der Waals surface area contributed by atoms with Crippen molar-refractivity contribution in [1.82, 2.24) is 5.32 Å². The van der Waals surface area contributed by atoms with E-state index in [0.29, 0.717) is 11.5 Å². The predicted octanol–water partition coefficient (Wildman–Crippen LogP) is 5.50. The van der Waals surface area contributed by atoms with Crippen molar-refractivity contribution < 1.29 is 0 Å². The van der Waals surface area contributed by atoms with Gasteiger partial charge in [0.25, 0.3) is 0 Å². The Morgan fingerprint density at radius 2 is 1.50 bits per heavy atom. The van der Waals surface area contributed by atoms with Gasteiger partial charge >= 0.3 is 0 Å². The second-order valence-electron chi connectivity index (χ2n) is 7.82. The number of hydrogen-bond acceptors (Lipinski definition) is 1. The Hall–Kier alpha value is -0.820. The zero-order chi connectivity index (χ0) is 15.4. The van der Waals surface area contributed by atoms with Crippen LogP contribution in [0.5, 0.6) is 0 Å². The fourth-order valence-electron chi connectivity index (χ4n) is 3.26. The summed E-state index contributed by atoms with van der Waals surface area (Å²) in [5.41, 5.74) is 3.33. The molecule has 20 heavy (non-hydrogen) atoms. The molecule has 1 unspecified atom stereocenters. The van der Waals surface area contributed by atoms with E-state index in [1.165, 1.54) is 17.5 Å². The fourth-order valence-corrected chi connectivity index (χ4v) is 3.26. The Bertz CT molecular complexity index is 395. The van der Waals surface area contributed by atoms with Crippen LogP contribution < -0.4 is 5.32 Å². The number of hydrogen-bond donors (Lipinski definition) is 1. The van der Waals surface area contributed by atoms with Crippen molar-refractivity contribution in [2.75, 3.05) is 0 Å². The van der Waals surface area contributed by atoms with Gasteiger partial charge < -0.3 is 5.32 Å². The average Bonchev–Trinajstić information content (AvgIpc) is 2.33. The van der Waals surface area contributed by atoms with Gasteiger partial charge in [0.1, 0.15) is 0 Å². The lowest BCUT2D eigenvalue weighted by Gasteiger charge is -2.37. The smallest absolute Gasteiger partial charge is 0.0322 e. The summed E-state index contributed by atoms with van der Waals surface area (Å²) in [7, 11) is 0. The summed E-state index contributed by atoms with van der Waals surface area (Å²) in [5.74, 6) is 0. The summed E-state index contributed by atoms with van der Waals surface area (Å²) in [6, 6.07) is 9.53. The number of benzene rings is 1.